The topological polar surface area (TPSA) is 58.7 Å². The van der Waals surface area contributed by atoms with Crippen LogP contribution in [0.1, 0.15) is 24.1 Å². The van der Waals surface area contributed by atoms with Gasteiger partial charge in [-0.2, -0.15) is 0 Å². The van der Waals surface area contributed by atoms with E-state index in [9.17, 15) is 4.79 Å². The Labute approximate surface area is 185 Å². The minimum Gasteiger partial charge on any atom is -0.366 e. The molecule has 0 aliphatic carbocycles. The van der Waals surface area contributed by atoms with E-state index in [2.05, 4.69) is 20.9 Å². The summed E-state index contributed by atoms with van der Waals surface area (Å²) in [6.45, 7) is 1.79. The second-order valence-electron chi connectivity index (χ2n) is 6.30. The molecule has 1 atom stereocenters. The molecule has 2 aromatic carbocycles. The highest BCUT2D eigenvalue weighted by molar-refractivity contribution is 9.10. The average Bonchev–Trinajstić information content (AvgIpc) is 3.07. The van der Waals surface area contributed by atoms with Crippen molar-refractivity contribution in [2.45, 2.75) is 13.0 Å². The van der Waals surface area contributed by atoms with Gasteiger partial charge in [0.05, 0.1) is 33.1 Å². The van der Waals surface area contributed by atoms with Crippen molar-refractivity contribution in [3.63, 3.8) is 0 Å². The number of nitrogens with zero attached hydrogens (tertiary/aromatic N) is 2. The third kappa shape index (κ3) is 3.28. The molecule has 2 aliphatic rings. The van der Waals surface area contributed by atoms with E-state index in [4.69, 9.17) is 28.9 Å². The number of allylic oxidation sites excluding steroid dienone is 1. The van der Waals surface area contributed by atoms with Crippen molar-refractivity contribution in [3.05, 3.63) is 84.8 Å². The zero-order valence-electron chi connectivity index (χ0n) is 14.6. The number of hydrogen-bond acceptors (Lipinski definition) is 4. The van der Waals surface area contributed by atoms with E-state index in [0.717, 1.165) is 20.9 Å². The number of amidine groups is 1. The number of thioether (sulfide) groups is 1. The van der Waals surface area contributed by atoms with Gasteiger partial charge in [0, 0.05) is 9.88 Å². The molecule has 0 aromatic heterocycles. The van der Waals surface area contributed by atoms with E-state index in [0.29, 0.717) is 26.9 Å². The number of aliphatic imine (C=N–C) groups is 1. The van der Waals surface area contributed by atoms with Crippen LogP contribution < -0.4 is 5.73 Å². The Kier molecular flexibility index (Phi) is 5.31. The van der Waals surface area contributed by atoms with Gasteiger partial charge in [-0.25, -0.2) is 4.99 Å². The second-order valence-corrected chi connectivity index (χ2v) is 8.84. The van der Waals surface area contributed by atoms with Gasteiger partial charge in [-0.3, -0.25) is 4.79 Å². The maximum atomic E-state index is 12.4. The quantitative estimate of drug-likeness (QED) is 0.571. The molecule has 0 spiro atoms. The largest absolute Gasteiger partial charge is 0.366 e. The van der Waals surface area contributed by atoms with Crippen LogP contribution in [0.5, 0.6) is 0 Å². The van der Waals surface area contributed by atoms with Crippen molar-refractivity contribution in [1.29, 1.82) is 0 Å². The van der Waals surface area contributed by atoms with Crippen molar-refractivity contribution in [1.82, 2.24) is 4.90 Å². The number of benzene rings is 2. The third-order valence-electron chi connectivity index (χ3n) is 4.61. The fraction of sp³-hybridized carbons (Fsp3) is 0.100. The molecule has 0 saturated heterocycles. The van der Waals surface area contributed by atoms with Gasteiger partial charge in [0.1, 0.15) is 0 Å². The monoisotopic (exact) mass is 493 g/mol. The molecule has 0 saturated carbocycles. The van der Waals surface area contributed by atoms with Gasteiger partial charge in [0.25, 0.3) is 0 Å². The average molecular weight is 495 g/mol. The standard InChI is InChI=1S/C20H14BrCl2N3OS/c1-10-16(19(24)27)18(13-3-2-4-14(22)17(13)23)26-15(9-28-20(26)25-10)11-5-7-12(21)8-6-11/h2-9,18H,1H3,(H2,24,27)/t18-/m0/s1. The lowest BCUT2D eigenvalue weighted by molar-refractivity contribution is -0.115. The first-order valence-corrected chi connectivity index (χ1v) is 10.8. The van der Waals surface area contributed by atoms with Gasteiger partial charge in [-0.1, -0.05) is 75.2 Å². The van der Waals surface area contributed by atoms with E-state index >= 15 is 0 Å². The Morgan fingerprint density at radius 1 is 1.21 bits per heavy atom. The van der Waals surface area contributed by atoms with E-state index in [1.54, 1.807) is 13.0 Å². The van der Waals surface area contributed by atoms with Crippen LogP contribution in [0.3, 0.4) is 0 Å². The van der Waals surface area contributed by atoms with Crippen molar-refractivity contribution in [2.75, 3.05) is 0 Å². The maximum absolute atomic E-state index is 12.4. The molecule has 2 aromatic rings. The van der Waals surface area contributed by atoms with Crippen LogP contribution in [0.4, 0.5) is 0 Å². The fourth-order valence-corrected chi connectivity index (χ4v) is 5.00. The van der Waals surface area contributed by atoms with Crippen molar-refractivity contribution in [2.24, 2.45) is 10.7 Å². The van der Waals surface area contributed by atoms with E-state index in [-0.39, 0.29) is 0 Å². The molecule has 0 bridgehead atoms. The van der Waals surface area contributed by atoms with E-state index in [1.807, 2.05) is 46.7 Å². The molecule has 0 fully saturated rings. The van der Waals surface area contributed by atoms with Gasteiger partial charge in [0.2, 0.25) is 5.91 Å². The zero-order valence-corrected chi connectivity index (χ0v) is 18.5. The minimum absolute atomic E-state index is 0.397. The molecule has 142 valence electrons. The van der Waals surface area contributed by atoms with E-state index in [1.165, 1.54) is 11.8 Å². The number of fused-ring (bicyclic) bond motifs is 1. The normalized spacial score (nSPS) is 18.7. The molecule has 28 heavy (non-hydrogen) atoms. The van der Waals surface area contributed by atoms with Crippen LogP contribution in [0.2, 0.25) is 10.0 Å². The summed E-state index contributed by atoms with van der Waals surface area (Å²) in [5.74, 6) is -0.534. The van der Waals surface area contributed by atoms with Crippen molar-refractivity contribution < 1.29 is 4.79 Å². The molecule has 4 nitrogen and oxygen atoms in total. The Bertz CT molecular complexity index is 1080. The summed E-state index contributed by atoms with van der Waals surface area (Å²) in [5, 5.41) is 3.60. The SMILES string of the molecule is CC1=C(C(N)=O)[C@H](c2cccc(Cl)c2Cl)N2C(c3ccc(Br)cc3)=CSC2=N1. The predicted molar refractivity (Wildman–Crippen MR) is 120 cm³/mol. The highest BCUT2D eigenvalue weighted by Gasteiger charge is 2.40. The summed E-state index contributed by atoms with van der Waals surface area (Å²) in [6.07, 6.45) is 0. The van der Waals surface area contributed by atoms with Crippen molar-refractivity contribution in [3.8, 4) is 0 Å². The van der Waals surface area contributed by atoms with Gasteiger partial charge < -0.3 is 10.6 Å². The molecule has 0 radical (unpaired) electrons. The molecule has 2 N–H and O–H groups in total. The molecule has 2 heterocycles. The number of primary amides is 1. The minimum atomic E-state index is -0.534. The Balaban J connectivity index is 1.91. The molecular formula is C20H14BrCl2N3OS. The number of halogens is 3. The summed E-state index contributed by atoms with van der Waals surface area (Å²) in [4.78, 5) is 19.0. The molecule has 4 rings (SSSR count). The number of amides is 1. The summed E-state index contributed by atoms with van der Waals surface area (Å²) in [5.41, 5.74) is 9.36. The first-order chi connectivity index (χ1) is 13.4. The molecule has 8 heteroatoms. The molecule has 1 amide bonds. The fourth-order valence-electron chi connectivity index (χ4n) is 3.35. The van der Waals surface area contributed by atoms with Crippen LogP contribution in [0, 0.1) is 0 Å². The van der Waals surface area contributed by atoms with Crippen LogP contribution in [0.25, 0.3) is 5.70 Å². The summed E-state index contributed by atoms with van der Waals surface area (Å²) in [7, 11) is 0. The summed E-state index contributed by atoms with van der Waals surface area (Å²) >= 11 is 17.8. The van der Waals surface area contributed by atoms with Crippen molar-refractivity contribution >= 4 is 67.7 Å². The zero-order chi connectivity index (χ0) is 20.0. The lowest BCUT2D eigenvalue weighted by atomic mass is 9.93. The smallest absolute Gasteiger partial charge is 0.248 e. The first kappa shape index (κ1) is 19.6. The second kappa shape index (κ2) is 7.59. The number of carbonyl (C=O) groups excluding carboxylic acids is 1. The van der Waals surface area contributed by atoms with Crippen LogP contribution in [0.15, 0.2) is 68.6 Å². The van der Waals surface area contributed by atoms with Crippen LogP contribution in [-0.2, 0) is 4.79 Å². The van der Waals surface area contributed by atoms with Crippen LogP contribution >= 0.6 is 50.9 Å². The number of nitrogens with two attached hydrogens (primary N) is 1. The number of carbonyl (C=O) groups is 1. The Hall–Kier alpha value is -1.73. The third-order valence-corrected chi connectivity index (χ3v) is 6.81. The number of hydrogen-bond donors (Lipinski definition) is 1. The van der Waals surface area contributed by atoms with Gasteiger partial charge in [0.15, 0.2) is 5.17 Å². The number of rotatable bonds is 3. The van der Waals surface area contributed by atoms with Gasteiger partial charge in [-0.05, 0) is 36.2 Å². The first-order valence-electron chi connectivity index (χ1n) is 8.33. The maximum Gasteiger partial charge on any atom is 0.248 e. The summed E-state index contributed by atoms with van der Waals surface area (Å²) < 4.78 is 0.984. The molecular weight excluding hydrogens is 481 g/mol. The Morgan fingerprint density at radius 3 is 2.61 bits per heavy atom. The highest BCUT2D eigenvalue weighted by Crippen LogP contribution is 2.48. The van der Waals surface area contributed by atoms with Crippen LogP contribution in [-0.4, -0.2) is 16.0 Å². The summed E-state index contributed by atoms with van der Waals surface area (Å²) in [6, 6.07) is 12.8. The highest BCUT2D eigenvalue weighted by atomic mass is 79.9. The van der Waals surface area contributed by atoms with Gasteiger partial charge >= 0.3 is 0 Å². The molecule has 0 unspecified atom stereocenters. The molecule has 2 aliphatic heterocycles. The Morgan fingerprint density at radius 2 is 1.93 bits per heavy atom. The van der Waals surface area contributed by atoms with Gasteiger partial charge in [-0.15, -0.1) is 0 Å². The van der Waals surface area contributed by atoms with E-state index < -0.39 is 11.9 Å². The predicted octanol–water partition coefficient (Wildman–Crippen LogP) is 5.97. The lowest BCUT2D eigenvalue weighted by Gasteiger charge is -2.36. The lowest BCUT2D eigenvalue weighted by Crippen LogP contribution is -2.37.